The molecule has 2 aliphatic rings. The first-order chi connectivity index (χ1) is 14.3. The minimum absolute atomic E-state index is 0.0306. The van der Waals surface area contributed by atoms with Gasteiger partial charge < -0.3 is 29.7 Å². The van der Waals surface area contributed by atoms with Gasteiger partial charge in [0.1, 0.15) is 0 Å². The third-order valence-corrected chi connectivity index (χ3v) is 5.90. The number of hydrogen-bond donors (Lipinski definition) is 2. The summed E-state index contributed by atoms with van der Waals surface area (Å²) >= 11 is 0. The van der Waals surface area contributed by atoms with Gasteiger partial charge in [-0.3, -0.25) is 9.59 Å². The smallest absolute Gasteiger partial charge is 0.287 e. The van der Waals surface area contributed by atoms with Crippen LogP contribution in [0.4, 0.5) is 5.69 Å². The minimum atomic E-state index is -0.703. The molecule has 0 fully saturated rings. The fourth-order valence-electron chi connectivity index (χ4n) is 4.46. The number of aryl methyl sites for hydroxylation is 1. The Morgan fingerprint density at radius 2 is 2.07 bits per heavy atom. The van der Waals surface area contributed by atoms with Gasteiger partial charge in [0.2, 0.25) is 12.5 Å². The van der Waals surface area contributed by atoms with Crippen molar-refractivity contribution in [1.29, 1.82) is 0 Å². The number of nitrogens with zero attached hydrogens (tertiary/aromatic N) is 1. The lowest BCUT2D eigenvalue weighted by atomic mass is 9.88. The summed E-state index contributed by atoms with van der Waals surface area (Å²) in [7, 11) is 3.42. The summed E-state index contributed by atoms with van der Waals surface area (Å²) in [6.45, 7) is 2.64. The van der Waals surface area contributed by atoms with Crippen LogP contribution in [0.1, 0.15) is 22.7 Å². The first-order valence-electron chi connectivity index (χ1n) is 9.82. The second-order valence-corrected chi connectivity index (χ2v) is 8.00. The molecule has 8 nitrogen and oxygen atoms in total. The maximum Gasteiger partial charge on any atom is 0.287 e. The molecule has 0 saturated carbocycles. The molecule has 158 valence electrons. The Labute approximate surface area is 175 Å². The summed E-state index contributed by atoms with van der Waals surface area (Å²) in [5.74, 6) is 0.867. The summed E-state index contributed by atoms with van der Waals surface area (Å²) in [4.78, 5) is 25.5. The van der Waals surface area contributed by atoms with Gasteiger partial charge in [-0.2, -0.15) is 0 Å². The number of rotatable bonds is 5. The summed E-state index contributed by atoms with van der Waals surface area (Å²) < 4.78 is 17.0. The average Bonchev–Trinajstić information content (AvgIpc) is 3.15. The molecule has 2 aromatic carbocycles. The molecular weight excluding hydrogens is 386 g/mol. The van der Waals surface area contributed by atoms with E-state index in [-0.39, 0.29) is 23.7 Å². The number of hydrogen-bond acceptors (Lipinski definition) is 5. The predicted molar refractivity (Wildman–Crippen MR) is 110 cm³/mol. The molecular formula is C22H26N3O5+. The Morgan fingerprint density at radius 1 is 1.30 bits per heavy atom. The zero-order chi connectivity index (χ0) is 21.5. The molecule has 3 N–H and O–H groups in total. The number of likely N-dealkylation sites (N-methyl/N-ethyl adjacent to an activating group) is 1. The van der Waals surface area contributed by atoms with E-state index in [1.807, 2.05) is 44.3 Å². The molecule has 2 aliphatic heterocycles. The molecule has 0 aliphatic carbocycles. The van der Waals surface area contributed by atoms with Gasteiger partial charge in [0, 0.05) is 12.1 Å². The number of para-hydroxylation sites is 1. The van der Waals surface area contributed by atoms with E-state index in [4.69, 9.17) is 19.9 Å². The van der Waals surface area contributed by atoms with E-state index >= 15 is 0 Å². The second-order valence-electron chi connectivity index (χ2n) is 8.00. The van der Waals surface area contributed by atoms with Crippen molar-refractivity contribution in [2.75, 3.05) is 39.4 Å². The third kappa shape index (κ3) is 3.33. The number of quaternary nitrogens is 1. The molecule has 0 bridgehead atoms. The Balaban J connectivity index is 1.85. The molecule has 30 heavy (non-hydrogen) atoms. The lowest BCUT2D eigenvalue weighted by Crippen LogP contribution is -2.58. The molecule has 0 saturated heterocycles. The SMILES string of the molecule is COc1c2c(cc3c1[C@@H](C(=O)Nc1ccccc1C)[N+](C)(CC(N)=O)CC3)OCO2. The molecule has 0 spiro atoms. The first-order valence-corrected chi connectivity index (χ1v) is 9.82. The fourth-order valence-corrected chi connectivity index (χ4v) is 4.46. The zero-order valence-electron chi connectivity index (χ0n) is 17.4. The van der Waals surface area contributed by atoms with Gasteiger partial charge >= 0.3 is 0 Å². The predicted octanol–water partition coefficient (Wildman–Crippen LogP) is 1.90. The number of ether oxygens (including phenoxy) is 3. The van der Waals surface area contributed by atoms with Gasteiger partial charge in [-0.05, 0) is 30.2 Å². The lowest BCUT2D eigenvalue weighted by Gasteiger charge is -2.44. The third-order valence-electron chi connectivity index (χ3n) is 5.90. The van der Waals surface area contributed by atoms with Crippen molar-refractivity contribution in [2.45, 2.75) is 19.4 Å². The minimum Gasteiger partial charge on any atom is -0.492 e. The van der Waals surface area contributed by atoms with Gasteiger partial charge in [-0.1, -0.05) is 18.2 Å². The normalized spacial score (nSPS) is 21.6. The molecule has 0 radical (unpaired) electrons. The van der Waals surface area contributed by atoms with Gasteiger partial charge in [0.25, 0.3) is 11.8 Å². The number of carbonyl (C=O) groups is 2. The Kier molecular flexibility index (Phi) is 5.03. The molecule has 2 atom stereocenters. The van der Waals surface area contributed by atoms with Crippen molar-refractivity contribution in [1.82, 2.24) is 0 Å². The second kappa shape index (κ2) is 7.53. The largest absolute Gasteiger partial charge is 0.492 e. The number of fused-ring (bicyclic) bond motifs is 2. The zero-order valence-corrected chi connectivity index (χ0v) is 17.4. The summed E-state index contributed by atoms with van der Waals surface area (Å²) in [6.07, 6.45) is 0.653. The van der Waals surface area contributed by atoms with Crippen LogP contribution in [-0.2, 0) is 16.0 Å². The Hall–Kier alpha value is -3.26. The van der Waals surface area contributed by atoms with Crippen molar-refractivity contribution in [3.05, 3.63) is 47.0 Å². The van der Waals surface area contributed by atoms with Gasteiger partial charge in [0.05, 0.1) is 26.3 Å². The van der Waals surface area contributed by atoms with Crippen LogP contribution in [-0.4, -0.2) is 50.3 Å². The standard InChI is InChI=1S/C22H25N3O5/c1-13-6-4-5-7-15(13)24-22(27)19-18-14(8-9-25(19,2)11-17(23)26)10-16-20(21(18)28-3)30-12-29-16/h4-7,10,19H,8-9,11-12H2,1-3H3,(H2-,23,24,26,27)/p+1/t19-,25?/m0/s1. The topological polar surface area (TPSA) is 99.9 Å². The van der Waals surface area contributed by atoms with Crippen molar-refractivity contribution in [3.8, 4) is 17.2 Å². The van der Waals surface area contributed by atoms with Gasteiger partial charge in [-0.25, -0.2) is 0 Å². The average molecular weight is 412 g/mol. The van der Waals surface area contributed by atoms with E-state index in [2.05, 4.69) is 5.32 Å². The van der Waals surface area contributed by atoms with Crippen LogP contribution in [0.2, 0.25) is 0 Å². The number of carbonyl (C=O) groups excluding carboxylic acids is 2. The lowest BCUT2D eigenvalue weighted by molar-refractivity contribution is -0.924. The van der Waals surface area contributed by atoms with Crippen molar-refractivity contribution >= 4 is 17.5 Å². The molecule has 0 aromatic heterocycles. The summed E-state index contributed by atoms with van der Waals surface area (Å²) in [6, 6.07) is 8.77. The highest BCUT2D eigenvalue weighted by Gasteiger charge is 2.48. The highest BCUT2D eigenvalue weighted by atomic mass is 16.7. The van der Waals surface area contributed by atoms with Gasteiger partial charge in [0.15, 0.2) is 24.1 Å². The van der Waals surface area contributed by atoms with Crippen LogP contribution in [0.3, 0.4) is 0 Å². The maximum absolute atomic E-state index is 13.6. The van der Waals surface area contributed by atoms with Crippen LogP contribution < -0.4 is 25.3 Å². The van der Waals surface area contributed by atoms with Gasteiger partial charge in [-0.15, -0.1) is 0 Å². The van der Waals surface area contributed by atoms with E-state index < -0.39 is 11.9 Å². The summed E-state index contributed by atoms with van der Waals surface area (Å²) in [5.41, 5.74) is 8.89. The van der Waals surface area contributed by atoms with Crippen molar-refractivity contribution < 1.29 is 28.3 Å². The van der Waals surface area contributed by atoms with Crippen LogP contribution >= 0.6 is 0 Å². The number of anilines is 1. The maximum atomic E-state index is 13.6. The molecule has 1 unspecified atom stereocenters. The number of nitrogens with two attached hydrogens (primary N) is 1. The number of benzene rings is 2. The Morgan fingerprint density at radius 3 is 2.77 bits per heavy atom. The molecule has 2 heterocycles. The van der Waals surface area contributed by atoms with Crippen LogP contribution in [0.15, 0.2) is 30.3 Å². The number of primary amides is 1. The van der Waals surface area contributed by atoms with Crippen LogP contribution in [0, 0.1) is 6.92 Å². The monoisotopic (exact) mass is 412 g/mol. The van der Waals surface area contributed by atoms with E-state index in [1.54, 1.807) is 7.11 Å². The van der Waals surface area contributed by atoms with Crippen LogP contribution in [0.5, 0.6) is 17.2 Å². The van der Waals surface area contributed by atoms with Crippen molar-refractivity contribution in [2.24, 2.45) is 5.73 Å². The highest BCUT2D eigenvalue weighted by molar-refractivity contribution is 5.96. The quantitative estimate of drug-likeness (QED) is 0.731. The van der Waals surface area contributed by atoms with E-state index in [9.17, 15) is 9.59 Å². The Bertz CT molecular complexity index is 1020. The first kappa shape index (κ1) is 20.0. The molecule has 2 amide bonds. The molecule has 2 aromatic rings. The number of nitrogens with one attached hydrogen (secondary N) is 1. The van der Waals surface area contributed by atoms with E-state index in [0.717, 1.165) is 16.8 Å². The van der Waals surface area contributed by atoms with Crippen molar-refractivity contribution in [3.63, 3.8) is 0 Å². The van der Waals surface area contributed by atoms with E-state index in [0.29, 0.717) is 35.8 Å². The fraction of sp³-hybridized carbons (Fsp3) is 0.364. The highest BCUT2D eigenvalue weighted by Crippen LogP contribution is 2.51. The molecule has 8 heteroatoms. The summed E-state index contributed by atoms with van der Waals surface area (Å²) in [5, 5.41) is 3.03. The van der Waals surface area contributed by atoms with E-state index in [1.165, 1.54) is 0 Å². The van der Waals surface area contributed by atoms with Crippen LogP contribution in [0.25, 0.3) is 0 Å². The number of methoxy groups -OCH3 is 1. The number of amides is 2. The molecule has 4 rings (SSSR count).